The van der Waals surface area contributed by atoms with Crippen LogP contribution in [0.2, 0.25) is 0 Å². The van der Waals surface area contributed by atoms with Gasteiger partial charge in [-0.1, -0.05) is 0 Å². The van der Waals surface area contributed by atoms with Crippen LogP contribution in [0.1, 0.15) is 23.8 Å². The molecule has 0 fully saturated rings. The fraction of sp³-hybridized carbons (Fsp3) is 0.500. The number of rotatable bonds is 3. The van der Waals surface area contributed by atoms with Crippen LogP contribution >= 0.6 is 0 Å². The summed E-state index contributed by atoms with van der Waals surface area (Å²) in [4.78, 5) is 0. The number of nitrogens with two attached hydrogens (primary N) is 1. The Labute approximate surface area is 65.8 Å². The van der Waals surface area contributed by atoms with Gasteiger partial charge in [0.05, 0.1) is 6.26 Å². The van der Waals surface area contributed by atoms with Gasteiger partial charge in [0.25, 0.3) is 0 Å². The Kier molecular flexibility index (Phi) is 2.68. The average Bonchev–Trinajstić information content (AvgIpc) is 2.36. The predicted octanol–water partition coefficient (Wildman–Crippen LogP) is 0.970. The lowest BCUT2D eigenvalue weighted by molar-refractivity contribution is 0.142. The van der Waals surface area contributed by atoms with E-state index in [4.69, 9.17) is 10.2 Å². The fourth-order valence-corrected chi connectivity index (χ4v) is 1.01. The third-order valence-corrected chi connectivity index (χ3v) is 1.64. The molecule has 0 saturated carbocycles. The normalized spacial score (nSPS) is 13.4. The number of aryl methyl sites for hydroxylation is 1. The molecular weight excluding hydrogens is 142 g/mol. The lowest BCUT2D eigenvalue weighted by Gasteiger charge is -2.05. The van der Waals surface area contributed by atoms with Crippen molar-refractivity contribution in [2.45, 2.75) is 19.4 Å². The maximum absolute atomic E-state index is 9.42. The number of hydrogen-bond donors (Lipinski definition) is 2. The number of hydrogen-bond acceptors (Lipinski definition) is 3. The highest BCUT2D eigenvalue weighted by Gasteiger charge is 2.11. The highest BCUT2D eigenvalue weighted by molar-refractivity contribution is 5.16. The van der Waals surface area contributed by atoms with E-state index in [1.807, 2.05) is 13.0 Å². The predicted molar refractivity (Wildman–Crippen MR) is 42.1 cm³/mol. The van der Waals surface area contributed by atoms with Crippen molar-refractivity contribution >= 4 is 0 Å². The Morgan fingerprint density at radius 1 is 1.73 bits per heavy atom. The van der Waals surface area contributed by atoms with Gasteiger partial charge in [0.15, 0.2) is 0 Å². The molecule has 0 aromatic carbocycles. The van der Waals surface area contributed by atoms with Crippen LogP contribution in [-0.2, 0) is 0 Å². The highest BCUT2D eigenvalue weighted by atomic mass is 16.4. The lowest BCUT2D eigenvalue weighted by atomic mass is 10.1. The maximum atomic E-state index is 9.42. The maximum Gasteiger partial charge on any atom is 0.135 e. The molecular formula is C8H13NO2. The van der Waals surface area contributed by atoms with E-state index in [0.717, 1.165) is 5.56 Å². The summed E-state index contributed by atoms with van der Waals surface area (Å²) in [5, 5.41) is 9.42. The summed E-state index contributed by atoms with van der Waals surface area (Å²) in [6, 6.07) is 1.83. The summed E-state index contributed by atoms with van der Waals surface area (Å²) in [7, 11) is 0. The van der Waals surface area contributed by atoms with Crippen molar-refractivity contribution in [1.29, 1.82) is 0 Å². The summed E-state index contributed by atoms with van der Waals surface area (Å²) in [6.45, 7) is 2.37. The van der Waals surface area contributed by atoms with Crippen molar-refractivity contribution in [3.63, 3.8) is 0 Å². The molecule has 0 spiro atoms. The van der Waals surface area contributed by atoms with Crippen molar-refractivity contribution in [3.05, 3.63) is 23.7 Å². The molecule has 0 bridgehead atoms. The highest BCUT2D eigenvalue weighted by Crippen LogP contribution is 2.20. The Bertz CT molecular complexity index is 220. The van der Waals surface area contributed by atoms with Crippen LogP contribution in [0.3, 0.4) is 0 Å². The van der Waals surface area contributed by atoms with Crippen molar-refractivity contribution in [2.75, 3.05) is 6.54 Å². The topological polar surface area (TPSA) is 59.4 Å². The standard InChI is InChI=1S/C8H13NO2/c1-6-3-5-11-8(6)7(10)2-4-9/h3,5,7,10H,2,4,9H2,1H3/t7-/m1/s1. The first-order chi connectivity index (χ1) is 5.25. The first-order valence-electron chi connectivity index (χ1n) is 3.68. The molecule has 11 heavy (non-hydrogen) atoms. The third-order valence-electron chi connectivity index (χ3n) is 1.64. The minimum absolute atomic E-state index is 0.474. The van der Waals surface area contributed by atoms with Crippen molar-refractivity contribution in [3.8, 4) is 0 Å². The average molecular weight is 155 g/mol. The molecule has 0 aliphatic heterocycles. The second-order valence-electron chi connectivity index (χ2n) is 2.56. The zero-order valence-corrected chi connectivity index (χ0v) is 6.58. The molecule has 1 aromatic rings. The van der Waals surface area contributed by atoms with E-state index >= 15 is 0 Å². The molecule has 62 valence electrons. The fourth-order valence-electron chi connectivity index (χ4n) is 1.01. The molecule has 0 unspecified atom stereocenters. The lowest BCUT2D eigenvalue weighted by Crippen LogP contribution is -2.06. The summed E-state index contributed by atoms with van der Waals surface area (Å²) in [5.74, 6) is 0.635. The summed E-state index contributed by atoms with van der Waals surface area (Å²) >= 11 is 0. The number of aliphatic hydroxyl groups is 1. The van der Waals surface area contributed by atoms with Gasteiger partial charge in [-0.3, -0.25) is 0 Å². The van der Waals surface area contributed by atoms with Gasteiger partial charge >= 0.3 is 0 Å². The van der Waals surface area contributed by atoms with Crippen LogP contribution in [0.5, 0.6) is 0 Å². The van der Waals surface area contributed by atoms with Crippen LogP contribution in [0.4, 0.5) is 0 Å². The summed E-state index contributed by atoms with van der Waals surface area (Å²) in [6.07, 6.45) is 1.58. The summed E-state index contributed by atoms with van der Waals surface area (Å²) < 4.78 is 5.07. The van der Waals surface area contributed by atoms with Gasteiger partial charge < -0.3 is 15.3 Å². The zero-order chi connectivity index (χ0) is 8.27. The van der Waals surface area contributed by atoms with Crippen LogP contribution in [0.15, 0.2) is 16.7 Å². The van der Waals surface area contributed by atoms with Crippen molar-refractivity contribution in [1.82, 2.24) is 0 Å². The third kappa shape index (κ3) is 1.82. The molecule has 0 radical (unpaired) electrons. The monoisotopic (exact) mass is 155 g/mol. The smallest absolute Gasteiger partial charge is 0.135 e. The molecule has 3 nitrogen and oxygen atoms in total. The van der Waals surface area contributed by atoms with E-state index in [-0.39, 0.29) is 0 Å². The Morgan fingerprint density at radius 2 is 2.45 bits per heavy atom. The number of furan rings is 1. The van der Waals surface area contributed by atoms with Crippen LogP contribution < -0.4 is 5.73 Å². The Balaban J connectivity index is 2.67. The van der Waals surface area contributed by atoms with Gasteiger partial charge in [-0.05, 0) is 31.5 Å². The minimum atomic E-state index is -0.546. The Morgan fingerprint density at radius 3 is 2.91 bits per heavy atom. The zero-order valence-electron chi connectivity index (χ0n) is 6.58. The van der Waals surface area contributed by atoms with E-state index < -0.39 is 6.10 Å². The van der Waals surface area contributed by atoms with Crippen LogP contribution in [0, 0.1) is 6.92 Å². The minimum Gasteiger partial charge on any atom is -0.466 e. The molecule has 1 heterocycles. The molecule has 0 aliphatic carbocycles. The molecule has 3 heteroatoms. The molecule has 1 aromatic heterocycles. The molecule has 1 atom stereocenters. The van der Waals surface area contributed by atoms with E-state index in [9.17, 15) is 5.11 Å². The van der Waals surface area contributed by atoms with Gasteiger partial charge in [-0.15, -0.1) is 0 Å². The van der Waals surface area contributed by atoms with Crippen LogP contribution in [-0.4, -0.2) is 11.7 Å². The van der Waals surface area contributed by atoms with E-state index in [1.54, 1.807) is 6.26 Å². The molecule has 3 N–H and O–H groups in total. The summed E-state index contributed by atoms with van der Waals surface area (Å²) in [5.41, 5.74) is 6.26. The van der Waals surface area contributed by atoms with Crippen LogP contribution in [0.25, 0.3) is 0 Å². The van der Waals surface area contributed by atoms with Gasteiger partial charge in [0, 0.05) is 0 Å². The van der Waals surface area contributed by atoms with Crippen molar-refractivity contribution in [2.24, 2.45) is 5.73 Å². The van der Waals surface area contributed by atoms with Gasteiger partial charge in [0.1, 0.15) is 11.9 Å². The SMILES string of the molecule is Cc1ccoc1[C@H](O)CCN. The number of aliphatic hydroxyl groups excluding tert-OH is 1. The molecule has 0 amide bonds. The van der Waals surface area contributed by atoms with Gasteiger partial charge in [-0.2, -0.15) is 0 Å². The first-order valence-corrected chi connectivity index (χ1v) is 3.68. The molecule has 0 saturated heterocycles. The molecule has 0 aliphatic rings. The van der Waals surface area contributed by atoms with Gasteiger partial charge in [0.2, 0.25) is 0 Å². The van der Waals surface area contributed by atoms with Crippen molar-refractivity contribution < 1.29 is 9.52 Å². The first kappa shape index (κ1) is 8.30. The quantitative estimate of drug-likeness (QED) is 0.683. The second-order valence-corrected chi connectivity index (χ2v) is 2.56. The van der Waals surface area contributed by atoms with E-state index in [0.29, 0.717) is 18.7 Å². The van der Waals surface area contributed by atoms with E-state index in [2.05, 4.69) is 0 Å². The molecule has 1 rings (SSSR count). The second kappa shape index (κ2) is 3.55. The van der Waals surface area contributed by atoms with E-state index in [1.165, 1.54) is 0 Å². The Hall–Kier alpha value is -0.800. The largest absolute Gasteiger partial charge is 0.466 e. The van der Waals surface area contributed by atoms with Gasteiger partial charge in [-0.25, -0.2) is 0 Å².